The second-order valence-corrected chi connectivity index (χ2v) is 6.44. The smallest absolute Gasteiger partial charge is 0.242 e. The van der Waals surface area contributed by atoms with Crippen LogP contribution in [0.25, 0.3) is 0 Å². The second kappa shape index (κ2) is 9.89. The van der Waals surface area contributed by atoms with Crippen molar-refractivity contribution in [3.8, 4) is 0 Å². The first-order chi connectivity index (χ1) is 12.5. The maximum atomic E-state index is 12.9. The van der Waals surface area contributed by atoms with E-state index in [1.165, 1.54) is 17.0 Å². The monoisotopic (exact) mass is 363 g/mol. The summed E-state index contributed by atoms with van der Waals surface area (Å²) in [6.45, 7) is 3.03. The normalized spacial score (nSPS) is 14.7. The zero-order chi connectivity index (χ0) is 18.9. The molecule has 1 saturated heterocycles. The van der Waals surface area contributed by atoms with Crippen molar-refractivity contribution in [3.05, 3.63) is 35.6 Å². The molecule has 142 valence electrons. The molecular weight excluding hydrogens is 337 g/mol. The van der Waals surface area contributed by atoms with Gasteiger partial charge in [-0.1, -0.05) is 18.6 Å². The van der Waals surface area contributed by atoms with Gasteiger partial charge in [0.05, 0.1) is 13.1 Å². The third-order valence-corrected chi connectivity index (χ3v) is 4.47. The van der Waals surface area contributed by atoms with Crippen LogP contribution in [0, 0.1) is 5.82 Å². The lowest BCUT2D eigenvalue weighted by Gasteiger charge is -2.25. The predicted molar refractivity (Wildman–Crippen MR) is 95.5 cm³/mol. The molecule has 1 aromatic rings. The summed E-state index contributed by atoms with van der Waals surface area (Å²) in [5.41, 5.74) is 0.782. The molecule has 0 atom stereocenters. The number of nitrogens with zero attached hydrogens (tertiary/aromatic N) is 2. The van der Waals surface area contributed by atoms with E-state index in [0.717, 1.165) is 24.8 Å². The van der Waals surface area contributed by atoms with Gasteiger partial charge in [0.1, 0.15) is 5.82 Å². The lowest BCUT2D eigenvalue weighted by atomic mass is 10.2. The molecule has 0 saturated carbocycles. The first-order valence-corrected chi connectivity index (χ1v) is 9.06. The van der Waals surface area contributed by atoms with Gasteiger partial charge < -0.3 is 15.1 Å². The number of carbonyl (C=O) groups excluding carboxylic acids is 3. The molecule has 3 amide bonds. The van der Waals surface area contributed by atoms with Gasteiger partial charge in [0, 0.05) is 26.1 Å². The fraction of sp³-hybridized carbons (Fsp3) is 0.526. The van der Waals surface area contributed by atoms with Crippen molar-refractivity contribution < 1.29 is 18.8 Å². The number of likely N-dealkylation sites (tertiary alicyclic amines) is 1. The van der Waals surface area contributed by atoms with Crippen LogP contribution in [0.15, 0.2) is 24.3 Å². The molecule has 0 radical (unpaired) electrons. The molecule has 1 heterocycles. The van der Waals surface area contributed by atoms with Crippen LogP contribution >= 0.6 is 0 Å². The fourth-order valence-electron chi connectivity index (χ4n) is 2.88. The Kier molecular flexibility index (Phi) is 7.56. The van der Waals surface area contributed by atoms with Crippen molar-refractivity contribution in [2.75, 3.05) is 26.2 Å². The highest BCUT2D eigenvalue weighted by atomic mass is 19.1. The summed E-state index contributed by atoms with van der Waals surface area (Å²) in [5, 5.41) is 2.72. The number of hydrogen-bond acceptors (Lipinski definition) is 3. The predicted octanol–water partition coefficient (Wildman–Crippen LogP) is 1.69. The van der Waals surface area contributed by atoms with Crippen LogP contribution in [0.5, 0.6) is 0 Å². The molecular formula is C19H26FN3O3. The van der Waals surface area contributed by atoms with Crippen LogP contribution in [-0.2, 0) is 20.9 Å². The maximum Gasteiger partial charge on any atom is 0.242 e. The Balaban J connectivity index is 1.82. The Hall–Kier alpha value is -2.44. The number of carbonyl (C=O) groups is 3. The first kappa shape index (κ1) is 19.9. The number of hydrogen-bond donors (Lipinski definition) is 1. The number of benzene rings is 1. The standard InChI is InChI=1S/C19H26FN3O3/c1-2-22(19(26)14-23-11-5-3-4-6-18(23)25)13-17(24)21-12-15-7-9-16(20)10-8-15/h7-10H,2-6,11-14H2,1H3,(H,21,24). The second-order valence-electron chi connectivity index (χ2n) is 6.44. The summed E-state index contributed by atoms with van der Waals surface area (Å²) in [4.78, 5) is 39.6. The van der Waals surface area contributed by atoms with Crippen LogP contribution in [0.3, 0.4) is 0 Å². The molecule has 6 nitrogen and oxygen atoms in total. The minimum absolute atomic E-state index is 0.00710. The maximum absolute atomic E-state index is 12.9. The van der Waals surface area contributed by atoms with Crippen molar-refractivity contribution >= 4 is 17.7 Å². The highest BCUT2D eigenvalue weighted by Crippen LogP contribution is 2.11. The van der Waals surface area contributed by atoms with Gasteiger partial charge in [-0.25, -0.2) is 4.39 Å². The highest BCUT2D eigenvalue weighted by Gasteiger charge is 2.23. The summed E-state index contributed by atoms with van der Waals surface area (Å²) < 4.78 is 12.9. The highest BCUT2D eigenvalue weighted by molar-refractivity contribution is 5.88. The number of rotatable bonds is 7. The van der Waals surface area contributed by atoms with Crippen LogP contribution in [0.2, 0.25) is 0 Å². The van der Waals surface area contributed by atoms with Crippen molar-refractivity contribution in [2.45, 2.75) is 39.2 Å². The first-order valence-electron chi connectivity index (χ1n) is 9.06. The van der Waals surface area contributed by atoms with Crippen LogP contribution < -0.4 is 5.32 Å². The summed E-state index contributed by atoms with van der Waals surface area (Å²) in [5.74, 6) is -0.829. The Morgan fingerprint density at radius 2 is 1.92 bits per heavy atom. The molecule has 1 N–H and O–H groups in total. The molecule has 0 bridgehead atoms. The van der Waals surface area contributed by atoms with E-state index in [-0.39, 0.29) is 43.2 Å². The molecule has 1 aliphatic heterocycles. The Bertz CT molecular complexity index is 633. The van der Waals surface area contributed by atoms with E-state index < -0.39 is 0 Å². The molecule has 0 unspecified atom stereocenters. The molecule has 0 aromatic heterocycles. The van der Waals surface area contributed by atoms with Gasteiger partial charge in [-0.2, -0.15) is 0 Å². The summed E-state index contributed by atoms with van der Waals surface area (Å²) in [6, 6.07) is 5.87. The molecule has 1 fully saturated rings. The molecule has 2 rings (SSSR count). The molecule has 0 spiro atoms. The van der Waals surface area contributed by atoms with Crippen LogP contribution in [0.1, 0.15) is 38.2 Å². The van der Waals surface area contributed by atoms with E-state index in [1.807, 2.05) is 0 Å². The summed E-state index contributed by atoms with van der Waals surface area (Å²) in [7, 11) is 0. The summed E-state index contributed by atoms with van der Waals surface area (Å²) in [6.07, 6.45) is 3.26. The Morgan fingerprint density at radius 3 is 2.62 bits per heavy atom. The molecule has 0 aliphatic carbocycles. The van der Waals surface area contributed by atoms with Gasteiger partial charge in [0.15, 0.2) is 0 Å². The average Bonchev–Trinajstić information content (AvgIpc) is 2.83. The third kappa shape index (κ3) is 6.13. The van der Waals surface area contributed by atoms with Gasteiger partial charge in [-0.15, -0.1) is 0 Å². The fourth-order valence-corrected chi connectivity index (χ4v) is 2.88. The zero-order valence-electron chi connectivity index (χ0n) is 15.2. The Labute approximate surface area is 153 Å². The largest absolute Gasteiger partial charge is 0.350 e. The van der Waals surface area contributed by atoms with Crippen molar-refractivity contribution in [1.29, 1.82) is 0 Å². The van der Waals surface area contributed by atoms with Gasteiger partial charge in [0.2, 0.25) is 17.7 Å². The number of nitrogens with one attached hydrogen (secondary N) is 1. The average molecular weight is 363 g/mol. The van der Waals surface area contributed by atoms with Gasteiger partial charge >= 0.3 is 0 Å². The van der Waals surface area contributed by atoms with Crippen molar-refractivity contribution in [1.82, 2.24) is 15.1 Å². The van der Waals surface area contributed by atoms with E-state index in [0.29, 0.717) is 19.5 Å². The molecule has 26 heavy (non-hydrogen) atoms. The van der Waals surface area contributed by atoms with E-state index >= 15 is 0 Å². The number of likely N-dealkylation sites (N-methyl/N-ethyl adjacent to an activating group) is 1. The van der Waals surface area contributed by atoms with E-state index in [4.69, 9.17) is 0 Å². The lowest BCUT2D eigenvalue weighted by Crippen LogP contribution is -2.46. The number of amides is 3. The van der Waals surface area contributed by atoms with Gasteiger partial charge in [-0.05, 0) is 37.5 Å². The van der Waals surface area contributed by atoms with Crippen molar-refractivity contribution in [3.63, 3.8) is 0 Å². The zero-order valence-corrected chi connectivity index (χ0v) is 15.2. The van der Waals surface area contributed by atoms with Crippen LogP contribution in [-0.4, -0.2) is 53.7 Å². The molecule has 1 aliphatic rings. The van der Waals surface area contributed by atoms with E-state index in [9.17, 15) is 18.8 Å². The van der Waals surface area contributed by atoms with E-state index in [1.54, 1.807) is 24.0 Å². The molecule has 1 aromatic carbocycles. The lowest BCUT2D eigenvalue weighted by molar-refractivity contribution is -0.141. The van der Waals surface area contributed by atoms with Gasteiger partial charge in [0.25, 0.3) is 0 Å². The molecule has 7 heteroatoms. The minimum Gasteiger partial charge on any atom is -0.350 e. The summed E-state index contributed by atoms with van der Waals surface area (Å²) >= 11 is 0. The van der Waals surface area contributed by atoms with Crippen molar-refractivity contribution in [2.24, 2.45) is 0 Å². The quantitative estimate of drug-likeness (QED) is 0.802. The van der Waals surface area contributed by atoms with Gasteiger partial charge in [-0.3, -0.25) is 14.4 Å². The Morgan fingerprint density at radius 1 is 1.19 bits per heavy atom. The van der Waals surface area contributed by atoms with Crippen LogP contribution in [0.4, 0.5) is 4.39 Å². The topological polar surface area (TPSA) is 69.7 Å². The third-order valence-electron chi connectivity index (χ3n) is 4.47. The minimum atomic E-state index is -0.328. The van der Waals surface area contributed by atoms with E-state index in [2.05, 4.69) is 5.32 Å². The number of halogens is 1. The SMILES string of the molecule is CCN(CC(=O)NCc1ccc(F)cc1)C(=O)CN1CCCCCC1=O.